The van der Waals surface area contributed by atoms with Crippen LogP contribution in [-0.4, -0.2) is 37.5 Å². The van der Waals surface area contributed by atoms with Crippen LogP contribution >= 0.6 is 11.6 Å². The molecule has 0 saturated heterocycles. The smallest absolute Gasteiger partial charge is 0.156 e. The lowest BCUT2D eigenvalue weighted by atomic mass is 10.1. The fourth-order valence-electron chi connectivity index (χ4n) is 2.96. The topological polar surface area (TPSA) is 64.1 Å². The van der Waals surface area contributed by atoms with Gasteiger partial charge in [0, 0.05) is 19.2 Å². The molecule has 3 rings (SSSR count). The number of aliphatic hydroxyl groups is 1. The van der Waals surface area contributed by atoms with Crippen molar-refractivity contribution >= 4 is 17.4 Å². The second kappa shape index (κ2) is 10.7. The third-order valence-corrected chi connectivity index (χ3v) is 4.84. The predicted octanol–water partition coefficient (Wildman–Crippen LogP) is 4.33. The Morgan fingerprint density at radius 2 is 1.43 bits per heavy atom. The van der Waals surface area contributed by atoms with Gasteiger partial charge < -0.3 is 24.2 Å². The fraction of sp³-hybridized carbons (Fsp3) is 0.261. The van der Waals surface area contributed by atoms with Crippen molar-refractivity contribution in [2.75, 3.05) is 32.3 Å². The Hall–Kier alpha value is -2.96. The minimum absolute atomic E-state index is 0.0842. The number of ether oxygens (including phenoxy) is 3. The largest absolute Gasteiger partial charge is 0.497 e. The highest BCUT2D eigenvalue weighted by atomic mass is 35.5. The lowest BCUT2D eigenvalue weighted by Gasteiger charge is -2.25. The first-order chi connectivity index (χ1) is 14.6. The normalized spacial score (nSPS) is 10.5. The van der Waals surface area contributed by atoms with Crippen LogP contribution in [0.5, 0.6) is 17.2 Å². The quantitative estimate of drug-likeness (QED) is 0.518. The van der Waals surface area contributed by atoms with Crippen molar-refractivity contribution in [2.45, 2.75) is 13.1 Å². The summed E-state index contributed by atoms with van der Waals surface area (Å²) in [6, 6.07) is 17.6. The van der Waals surface area contributed by atoms with E-state index in [0.717, 1.165) is 28.4 Å². The zero-order valence-electron chi connectivity index (χ0n) is 17.0. The van der Waals surface area contributed by atoms with Gasteiger partial charge in [-0.2, -0.15) is 0 Å². The second-order valence-electron chi connectivity index (χ2n) is 6.60. The van der Waals surface area contributed by atoms with Crippen molar-refractivity contribution in [3.63, 3.8) is 0 Å². The third-order valence-electron chi connectivity index (χ3n) is 4.54. The minimum atomic E-state index is -0.0842. The molecule has 1 aromatic heterocycles. The summed E-state index contributed by atoms with van der Waals surface area (Å²) in [7, 11) is 3.30. The molecule has 0 aliphatic heterocycles. The molecule has 158 valence electrons. The highest BCUT2D eigenvalue weighted by Gasteiger charge is 2.13. The van der Waals surface area contributed by atoms with Crippen LogP contribution in [0.4, 0.5) is 5.82 Å². The number of aromatic nitrogens is 1. The molecular formula is C23H25ClN2O4. The van der Waals surface area contributed by atoms with Crippen molar-refractivity contribution in [3.05, 3.63) is 76.9 Å². The zero-order chi connectivity index (χ0) is 21.3. The van der Waals surface area contributed by atoms with E-state index in [-0.39, 0.29) is 13.2 Å². The van der Waals surface area contributed by atoms with E-state index in [1.165, 1.54) is 0 Å². The van der Waals surface area contributed by atoms with Gasteiger partial charge in [0.2, 0.25) is 0 Å². The molecule has 3 aromatic rings. The molecule has 2 aromatic carbocycles. The van der Waals surface area contributed by atoms with Crippen molar-refractivity contribution in [2.24, 2.45) is 0 Å². The van der Waals surface area contributed by atoms with Gasteiger partial charge in [0.05, 0.1) is 32.0 Å². The number of benzene rings is 2. The van der Waals surface area contributed by atoms with Crippen molar-refractivity contribution in [1.82, 2.24) is 4.98 Å². The molecule has 0 amide bonds. The Kier molecular flexibility index (Phi) is 7.76. The minimum Gasteiger partial charge on any atom is -0.497 e. The summed E-state index contributed by atoms with van der Waals surface area (Å²) in [6.45, 7) is 1.35. The number of hydrogen-bond donors (Lipinski definition) is 1. The lowest BCUT2D eigenvalue weighted by Crippen LogP contribution is -2.23. The second-order valence-corrected chi connectivity index (χ2v) is 7.00. The highest BCUT2D eigenvalue weighted by Crippen LogP contribution is 2.29. The zero-order valence-corrected chi connectivity index (χ0v) is 17.8. The van der Waals surface area contributed by atoms with Gasteiger partial charge in [-0.3, -0.25) is 0 Å². The van der Waals surface area contributed by atoms with Crippen molar-refractivity contribution in [1.29, 1.82) is 0 Å². The van der Waals surface area contributed by atoms with Crippen LogP contribution in [0.15, 0.2) is 60.8 Å². The highest BCUT2D eigenvalue weighted by molar-refractivity contribution is 6.32. The maximum atomic E-state index is 8.95. The van der Waals surface area contributed by atoms with Crippen LogP contribution in [0.2, 0.25) is 5.02 Å². The fourth-order valence-corrected chi connectivity index (χ4v) is 3.16. The Morgan fingerprint density at radius 3 is 1.87 bits per heavy atom. The van der Waals surface area contributed by atoms with E-state index in [1.807, 2.05) is 48.5 Å². The summed E-state index contributed by atoms with van der Waals surface area (Å²) in [6.07, 6.45) is 1.59. The third kappa shape index (κ3) is 5.78. The molecule has 0 aliphatic carbocycles. The van der Waals surface area contributed by atoms with Crippen LogP contribution in [0, 0.1) is 0 Å². The molecule has 6 nitrogen and oxygen atoms in total. The lowest BCUT2D eigenvalue weighted by molar-refractivity contribution is 0.201. The SMILES string of the molecule is COc1ccc(CN(Cc2ccc(OC)cc2)c2cc(Cl)c(OCCO)cn2)cc1. The van der Waals surface area contributed by atoms with Crippen LogP contribution in [-0.2, 0) is 13.1 Å². The van der Waals surface area contributed by atoms with Crippen LogP contribution in [0.25, 0.3) is 0 Å². The van der Waals surface area contributed by atoms with Gasteiger partial charge in [0.15, 0.2) is 5.75 Å². The summed E-state index contributed by atoms with van der Waals surface area (Å²) >= 11 is 6.39. The van der Waals surface area contributed by atoms with Crippen LogP contribution < -0.4 is 19.1 Å². The monoisotopic (exact) mass is 428 g/mol. The molecule has 0 unspecified atom stereocenters. The van der Waals surface area contributed by atoms with E-state index < -0.39 is 0 Å². The molecule has 0 bridgehead atoms. The Bertz CT molecular complexity index is 883. The maximum absolute atomic E-state index is 8.95. The van der Waals surface area contributed by atoms with Gasteiger partial charge in [-0.1, -0.05) is 35.9 Å². The number of hydrogen-bond acceptors (Lipinski definition) is 6. The first kappa shape index (κ1) is 21.7. The molecule has 1 heterocycles. The summed E-state index contributed by atoms with van der Waals surface area (Å²) in [5.74, 6) is 2.80. The van der Waals surface area contributed by atoms with Crippen LogP contribution in [0.3, 0.4) is 0 Å². The Morgan fingerprint density at radius 1 is 0.900 bits per heavy atom. The van der Waals surface area contributed by atoms with E-state index in [4.69, 9.17) is 30.9 Å². The molecule has 0 fully saturated rings. The molecule has 0 saturated carbocycles. The first-order valence-corrected chi connectivity index (χ1v) is 9.90. The molecule has 1 N–H and O–H groups in total. The van der Waals surface area contributed by atoms with Gasteiger partial charge in [-0.25, -0.2) is 4.98 Å². The molecule has 0 atom stereocenters. The summed E-state index contributed by atoms with van der Waals surface area (Å²) in [5.41, 5.74) is 2.23. The predicted molar refractivity (Wildman–Crippen MR) is 118 cm³/mol. The summed E-state index contributed by atoms with van der Waals surface area (Å²) < 4.78 is 15.9. The summed E-state index contributed by atoms with van der Waals surface area (Å²) in [5, 5.41) is 9.40. The number of pyridine rings is 1. The number of rotatable bonds is 10. The van der Waals surface area contributed by atoms with Crippen molar-refractivity contribution < 1.29 is 19.3 Å². The van der Waals surface area contributed by atoms with Crippen LogP contribution in [0.1, 0.15) is 11.1 Å². The number of aliphatic hydroxyl groups excluding tert-OH is 1. The van der Waals surface area contributed by atoms with Gasteiger partial charge in [-0.05, 0) is 35.4 Å². The number of methoxy groups -OCH3 is 2. The maximum Gasteiger partial charge on any atom is 0.156 e. The molecule has 0 spiro atoms. The van der Waals surface area contributed by atoms with Crippen molar-refractivity contribution in [3.8, 4) is 17.2 Å². The molecule has 0 aliphatic rings. The molecule has 7 heteroatoms. The van der Waals surface area contributed by atoms with Gasteiger partial charge in [0.25, 0.3) is 0 Å². The van der Waals surface area contributed by atoms with Gasteiger partial charge in [0.1, 0.15) is 23.9 Å². The Balaban J connectivity index is 1.86. The number of anilines is 1. The van der Waals surface area contributed by atoms with E-state index in [0.29, 0.717) is 23.9 Å². The number of halogens is 1. The first-order valence-electron chi connectivity index (χ1n) is 9.53. The Labute approximate surface area is 181 Å². The molecular weight excluding hydrogens is 404 g/mol. The molecule has 0 radical (unpaired) electrons. The molecule has 30 heavy (non-hydrogen) atoms. The van der Waals surface area contributed by atoms with E-state index in [2.05, 4.69) is 9.88 Å². The van der Waals surface area contributed by atoms with E-state index in [9.17, 15) is 0 Å². The summed E-state index contributed by atoms with van der Waals surface area (Å²) in [4.78, 5) is 6.67. The average molecular weight is 429 g/mol. The number of nitrogens with zero attached hydrogens (tertiary/aromatic N) is 2. The standard InChI is InChI=1S/C23H25ClN2O4/c1-28-19-7-3-17(4-8-19)15-26(16-18-5-9-20(29-2)10-6-18)23-13-21(24)22(14-25-23)30-12-11-27/h3-10,13-14,27H,11-12,15-16H2,1-2H3. The van der Waals surface area contributed by atoms with Gasteiger partial charge in [-0.15, -0.1) is 0 Å². The average Bonchev–Trinajstić information content (AvgIpc) is 2.79. The van der Waals surface area contributed by atoms with E-state index in [1.54, 1.807) is 26.5 Å². The van der Waals surface area contributed by atoms with Gasteiger partial charge >= 0.3 is 0 Å². The van der Waals surface area contributed by atoms with E-state index >= 15 is 0 Å².